The van der Waals surface area contributed by atoms with Crippen LogP contribution in [0.2, 0.25) is 0 Å². The van der Waals surface area contributed by atoms with Crippen molar-refractivity contribution in [2.45, 2.75) is 38.5 Å². The van der Waals surface area contributed by atoms with Gasteiger partial charge in [0.05, 0.1) is 0 Å². The Morgan fingerprint density at radius 3 is 2.80 bits per heavy atom. The minimum Gasteiger partial charge on any atom is -0.440 e. The van der Waals surface area contributed by atoms with Crippen LogP contribution in [-0.4, -0.2) is 4.98 Å². The molecule has 0 aliphatic heterocycles. The van der Waals surface area contributed by atoms with Crippen LogP contribution in [0.25, 0.3) is 11.1 Å². The summed E-state index contributed by atoms with van der Waals surface area (Å²) in [5.74, 6) is 1.99. The van der Waals surface area contributed by atoms with Crippen molar-refractivity contribution in [1.82, 2.24) is 4.98 Å². The van der Waals surface area contributed by atoms with Crippen molar-refractivity contribution in [2.75, 3.05) is 0 Å². The van der Waals surface area contributed by atoms with Gasteiger partial charge in [0.25, 0.3) is 0 Å². The van der Waals surface area contributed by atoms with E-state index in [-0.39, 0.29) is 0 Å². The topological polar surface area (TPSA) is 26.0 Å². The number of benzene rings is 1. The van der Waals surface area contributed by atoms with Gasteiger partial charge in [0.1, 0.15) is 5.52 Å². The fourth-order valence-corrected chi connectivity index (χ4v) is 1.88. The Morgan fingerprint density at radius 2 is 2.13 bits per heavy atom. The summed E-state index contributed by atoms with van der Waals surface area (Å²) in [5, 5.41) is 0. The van der Waals surface area contributed by atoms with Crippen molar-refractivity contribution < 1.29 is 4.42 Å². The van der Waals surface area contributed by atoms with Crippen molar-refractivity contribution in [2.24, 2.45) is 0 Å². The van der Waals surface area contributed by atoms with Crippen LogP contribution in [-0.2, 0) is 0 Å². The number of fused-ring (bicyclic) bond motifs is 1. The van der Waals surface area contributed by atoms with Gasteiger partial charge in [-0.15, -0.1) is 0 Å². The van der Waals surface area contributed by atoms with E-state index in [4.69, 9.17) is 4.42 Å². The molecule has 1 aliphatic rings. The van der Waals surface area contributed by atoms with E-state index in [1.54, 1.807) is 0 Å². The van der Waals surface area contributed by atoms with Crippen molar-refractivity contribution in [3.05, 3.63) is 29.7 Å². The van der Waals surface area contributed by atoms with Crippen LogP contribution in [0.15, 0.2) is 22.6 Å². The molecule has 2 heteroatoms. The SMILES string of the molecule is CC(C)c1nc2ccc(C3CC3)cc2o1. The quantitative estimate of drug-likeness (QED) is 0.738. The zero-order valence-corrected chi connectivity index (χ0v) is 9.16. The van der Waals surface area contributed by atoms with Crippen molar-refractivity contribution in [3.63, 3.8) is 0 Å². The van der Waals surface area contributed by atoms with Gasteiger partial charge >= 0.3 is 0 Å². The molecule has 0 spiro atoms. The largest absolute Gasteiger partial charge is 0.440 e. The molecule has 0 saturated heterocycles. The minimum atomic E-state index is 0.363. The first-order valence-corrected chi connectivity index (χ1v) is 5.64. The number of nitrogens with zero attached hydrogens (tertiary/aromatic N) is 1. The summed E-state index contributed by atoms with van der Waals surface area (Å²) in [7, 11) is 0. The second-order valence-corrected chi connectivity index (χ2v) is 4.71. The molecular formula is C13H15NO. The third kappa shape index (κ3) is 1.54. The fraction of sp³-hybridized carbons (Fsp3) is 0.462. The Morgan fingerprint density at radius 1 is 1.33 bits per heavy atom. The first-order valence-electron chi connectivity index (χ1n) is 5.64. The molecule has 1 saturated carbocycles. The average molecular weight is 201 g/mol. The molecule has 2 aromatic rings. The molecule has 78 valence electrons. The number of oxazole rings is 1. The van der Waals surface area contributed by atoms with Crippen LogP contribution in [0.1, 0.15) is 50.0 Å². The molecule has 15 heavy (non-hydrogen) atoms. The van der Waals surface area contributed by atoms with Crippen LogP contribution >= 0.6 is 0 Å². The minimum absolute atomic E-state index is 0.363. The molecule has 1 aromatic carbocycles. The predicted molar refractivity (Wildman–Crippen MR) is 60.1 cm³/mol. The standard InChI is InChI=1S/C13H15NO/c1-8(2)13-14-11-6-5-10(9-3-4-9)7-12(11)15-13/h5-9H,3-4H2,1-2H3. The lowest BCUT2D eigenvalue weighted by Crippen LogP contribution is -1.84. The van der Waals surface area contributed by atoms with Gasteiger partial charge in [-0.2, -0.15) is 0 Å². The zero-order chi connectivity index (χ0) is 10.4. The monoisotopic (exact) mass is 201 g/mol. The Hall–Kier alpha value is -1.31. The highest BCUT2D eigenvalue weighted by atomic mass is 16.3. The first-order chi connectivity index (χ1) is 7.24. The van der Waals surface area contributed by atoms with E-state index in [0.717, 1.165) is 22.9 Å². The van der Waals surface area contributed by atoms with Crippen LogP contribution in [0, 0.1) is 0 Å². The molecule has 1 aromatic heterocycles. The first kappa shape index (κ1) is 8.96. The van der Waals surface area contributed by atoms with Gasteiger partial charge in [0, 0.05) is 5.92 Å². The van der Waals surface area contributed by atoms with Gasteiger partial charge in [-0.25, -0.2) is 4.98 Å². The van der Waals surface area contributed by atoms with E-state index in [0.29, 0.717) is 5.92 Å². The Kier molecular flexibility index (Phi) is 1.84. The summed E-state index contributed by atoms with van der Waals surface area (Å²) in [6.07, 6.45) is 2.66. The van der Waals surface area contributed by atoms with Crippen LogP contribution in [0.4, 0.5) is 0 Å². The molecule has 2 nitrogen and oxygen atoms in total. The van der Waals surface area contributed by atoms with Gasteiger partial charge in [-0.3, -0.25) is 0 Å². The zero-order valence-electron chi connectivity index (χ0n) is 9.16. The van der Waals surface area contributed by atoms with Crippen LogP contribution in [0.5, 0.6) is 0 Å². The van der Waals surface area contributed by atoms with E-state index in [1.165, 1.54) is 18.4 Å². The normalized spacial score (nSPS) is 16.5. The maximum Gasteiger partial charge on any atom is 0.198 e. The van der Waals surface area contributed by atoms with E-state index in [1.807, 2.05) is 0 Å². The summed E-state index contributed by atoms with van der Waals surface area (Å²) < 4.78 is 5.74. The molecule has 0 N–H and O–H groups in total. The second-order valence-electron chi connectivity index (χ2n) is 4.71. The lowest BCUT2D eigenvalue weighted by molar-refractivity contribution is 0.501. The highest BCUT2D eigenvalue weighted by molar-refractivity contribution is 5.73. The van der Waals surface area contributed by atoms with E-state index in [9.17, 15) is 0 Å². The van der Waals surface area contributed by atoms with E-state index < -0.39 is 0 Å². The molecule has 0 unspecified atom stereocenters. The van der Waals surface area contributed by atoms with Gasteiger partial charge in [-0.05, 0) is 36.5 Å². The van der Waals surface area contributed by atoms with Crippen LogP contribution < -0.4 is 0 Å². The Bertz CT molecular complexity index is 494. The molecule has 3 rings (SSSR count). The average Bonchev–Trinajstić information content (AvgIpc) is 2.96. The highest BCUT2D eigenvalue weighted by Gasteiger charge is 2.24. The van der Waals surface area contributed by atoms with Gasteiger partial charge < -0.3 is 4.42 Å². The highest BCUT2D eigenvalue weighted by Crippen LogP contribution is 2.41. The predicted octanol–water partition coefficient (Wildman–Crippen LogP) is 3.83. The van der Waals surface area contributed by atoms with E-state index >= 15 is 0 Å². The number of rotatable bonds is 2. The second kappa shape index (κ2) is 3.09. The maximum atomic E-state index is 5.74. The molecule has 1 aliphatic carbocycles. The maximum absolute atomic E-state index is 5.74. The van der Waals surface area contributed by atoms with Crippen molar-refractivity contribution in [3.8, 4) is 0 Å². The summed E-state index contributed by atoms with van der Waals surface area (Å²) >= 11 is 0. The Labute approximate surface area is 89.3 Å². The van der Waals surface area contributed by atoms with Crippen molar-refractivity contribution in [1.29, 1.82) is 0 Å². The summed E-state index contributed by atoms with van der Waals surface area (Å²) in [6, 6.07) is 6.43. The van der Waals surface area contributed by atoms with Gasteiger partial charge in [0.15, 0.2) is 11.5 Å². The molecule has 1 fully saturated rings. The summed E-state index contributed by atoms with van der Waals surface area (Å²) in [4.78, 5) is 4.47. The van der Waals surface area contributed by atoms with Crippen LogP contribution in [0.3, 0.4) is 0 Å². The van der Waals surface area contributed by atoms with Crippen molar-refractivity contribution >= 4 is 11.1 Å². The summed E-state index contributed by atoms with van der Waals surface area (Å²) in [5.41, 5.74) is 3.35. The molecule has 0 radical (unpaired) electrons. The third-order valence-corrected chi connectivity index (χ3v) is 2.97. The summed E-state index contributed by atoms with van der Waals surface area (Å²) in [6.45, 7) is 4.21. The molecule has 0 atom stereocenters. The molecule has 0 bridgehead atoms. The number of hydrogen-bond donors (Lipinski definition) is 0. The lowest BCUT2D eigenvalue weighted by atomic mass is 10.1. The molecule has 0 amide bonds. The Balaban J connectivity index is 2.09. The van der Waals surface area contributed by atoms with Gasteiger partial charge in [0.2, 0.25) is 0 Å². The smallest absolute Gasteiger partial charge is 0.198 e. The number of aromatic nitrogens is 1. The van der Waals surface area contributed by atoms with Gasteiger partial charge in [-0.1, -0.05) is 19.9 Å². The molecule has 1 heterocycles. The fourth-order valence-electron chi connectivity index (χ4n) is 1.88. The number of hydrogen-bond acceptors (Lipinski definition) is 2. The lowest BCUT2D eigenvalue weighted by Gasteiger charge is -1.95. The molecular weight excluding hydrogens is 186 g/mol. The van der Waals surface area contributed by atoms with E-state index in [2.05, 4.69) is 37.0 Å². The third-order valence-electron chi connectivity index (χ3n) is 2.97.